The van der Waals surface area contributed by atoms with Crippen molar-refractivity contribution in [3.05, 3.63) is 95.1 Å². The lowest BCUT2D eigenvalue weighted by molar-refractivity contribution is -0.0542. The Morgan fingerprint density at radius 2 is 1.78 bits per heavy atom. The number of imidazole rings is 1. The van der Waals surface area contributed by atoms with Crippen LogP contribution in [0.2, 0.25) is 0 Å². The van der Waals surface area contributed by atoms with Crippen molar-refractivity contribution in [3.8, 4) is 0 Å². The van der Waals surface area contributed by atoms with Gasteiger partial charge in [-0.25, -0.2) is 9.78 Å². The molecule has 1 aliphatic rings. The van der Waals surface area contributed by atoms with Crippen molar-refractivity contribution in [1.82, 2.24) is 14.5 Å². The van der Waals surface area contributed by atoms with Crippen LogP contribution in [0.4, 0.5) is 10.7 Å². The number of amides is 2. The van der Waals surface area contributed by atoms with E-state index in [1.165, 1.54) is 4.90 Å². The summed E-state index contributed by atoms with van der Waals surface area (Å²) in [4.78, 5) is 30.1. The fourth-order valence-corrected chi connectivity index (χ4v) is 4.29. The Morgan fingerprint density at radius 1 is 1.06 bits per heavy atom. The molecule has 1 aromatic heterocycles. The quantitative estimate of drug-likeness (QED) is 0.461. The molecule has 0 radical (unpaired) electrons. The third-order valence-corrected chi connectivity index (χ3v) is 5.85. The van der Waals surface area contributed by atoms with Gasteiger partial charge in [0.05, 0.1) is 11.0 Å². The summed E-state index contributed by atoms with van der Waals surface area (Å²) in [6.45, 7) is 0.222. The van der Waals surface area contributed by atoms with Gasteiger partial charge < -0.3 is 14.8 Å². The first kappa shape index (κ1) is 19.8. The average molecular weight is 428 g/mol. The van der Waals surface area contributed by atoms with Gasteiger partial charge in [0.1, 0.15) is 0 Å². The fraction of sp³-hybridized carbons (Fsp3) is 0.125. The number of fused-ring (bicyclic) bond motifs is 2. The number of benzene rings is 3. The Labute approximate surface area is 183 Å². The van der Waals surface area contributed by atoms with Crippen molar-refractivity contribution < 1.29 is 19.8 Å². The lowest BCUT2D eigenvalue weighted by atomic mass is 9.93. The van der Waals surface area contributed by atoms with E-state index in [0.717, 1.165) is 5.56 Å². The minimum absolute atomic E-state index is 0.167. The van der Waals surface area contributed by atoms with Crippen molar-refractivity contribution in [1.29, 1.82) is 0 Å². The van der Waals surface area contributed by atoms with E-state index in [9.17, 15) is 14.7 Å². The SMILES string of the molecule is Cn1c(NC(=O)O)nc2ccc(C3(O)c4ccccc4C(=O)N3Cc3ccccc3)cc21. The van der Waals surface area contributed by atoms with Crippen molar-refractivity contribution in [3.63, 3.8) is 0 Å². The molecule has 2 amide bonds. The molecule has 160 valence electrons. The highest BCUT2D eigenvalue weighted by molar-refractivity contribution is 6.00. The molecule has 2 heterocycles. The minimum Gasteiger partial charge on any atom is -0.465 e. The van der Waals surface area contributed by atoms with Crippen LogP contribution in [-0.4, -0.2) is 36.7 Å². The highest BCUT2D eigenvalue weighted by atomic mass is 16.4. The number of aromatic nitrogens is 2. The number of hydrogen-bond acceptors (Lipinski definition) is 4. The maximum absolute atomic E-state index is 13.3. The monoisotopic (exact) mass is 428 g/mol. The number of aliphatic hydroxyl groups is 1. The maximum Gasteiger partial charge on any atom is 0.411 e. The fourth-order valence-electron chi connectivity index (χ4n) is 4.29. The highest BCUT2D eigenvalue weighted by Gasteiger charge is 2.49. The lowest BCUT2D eigenvalue weighted by Crippen LogP contribution is -2.44. The van der Waals surface area contributed by atoms with Crippen LogP contribution in [0.3, 0.4) is 0 Å². The van der Waals surface area contributed by atoms with Gasteiger partial charge in [0.2, 0.25) is 5.95 Å². The predicted molar refractivity (Wildman–Crippen MR) is 118 cm³/mol. The Kier molecular flexibility index (Phi) is 4.45. The number of carboxylic acid groups (broad SMARTS) is 1. The largest absolute Gasteiger partial charge is 0.465 e. The molecule has 8 heteroatoms. The van der Waals surface area contributed by atoms with Crippen molar-refractivity contribution >= 4 is 29.0 Å². The van der Waals surface area contributed by atoms with Crippen LogP contribution in [0.1, 0.15) is 27.0 Å². The maximum atomic E-state index is 13.3. The number of nitrogens with zero attached hydrogens (tertiary/aromatic N) is 3. The number of aryl methyl sites for hydroxylation is 1. The van der Waals surface area contributed by atoms with Crippen LogP contribution >= 0.6 is 0 Å². The summed E-state index contributed by atoms with van der Waals surface area (Å²) in [5, 5.41) is 23.4. The summed E-state index contributed by atoms with van der Waals surface area (Å²) in [5.41, 5.74) is 1.83. The number of anilines is 1. The molecule has 0 saturated carbocycles. The smallest absolute Gasteiger partial charge is 0.411 e. The number of rotatable bonds is 4. The van der Waals surface area contributed by atoms with Gasteiger partial charge in [0.25, 0.3) is 5.91 Å². The number of hydrogen-bond donors (Lipinski definition) is 3. The third kappa shape index (κ3) is 2.92. The Morgan fingerprint density at radius 3 is 2.53 bits per heavy atom. The van der Waals surface area contributed by atoms with Gasteiger partial charge in [0, 0.05) is 30.3 Å². The molecule has 0 saturated heterocycles. The van der Waals surface area contributed by atoms with Gasteiger partial charge in [-0.2, -0.15) is 0 Å². The van der Waals surface area contributed by atoms with E-state index >= 15 is 0 Å². The van der Waals surface area contributed by atoms with Crippen LogP contribution in [-0.2, 0) is 19.3 Å². The molecule has 0 aliphatic carbocycles. The molecule has 8 nitrogen and oxygen atoms in total. The highest BCUT2D eigenvalue weighted by Crippen LogP contribution is 2.43. The third-order valence-electron chi connectivity index (χ3n) is 5.85. The van der Waals surface area contributed by atoms with Crippen LogP contribution in [0.25, 0.3) is 11.0 Å². The molecule has 1 aliphatic heterocycles. The normalized spacial score (nSPS) is 17.6. The second-order valence-corrected chi connectivity index (χ2v) is 7.72. The van der Waals surface area contributed by atoms with Gasteiger partial charge >= 0.3 is 6.09 Å². The zero-order valence-corrected chi connectivity index (χ0v) is 17.2. The molecule has 3 aromatic carbocycles. The predicted octanol–water partition coefficient (Wildman–Crippen LogP) is 3.51. The first-order chi connectivity index (χ1) is 15.4. The first-order valence-electron chi connectivity index (χ1n) is 10.0. The van der Waals surface area contributed by atoms with Crippen LogP contribution in [0.15, 0.2) is 72.8 Å². The first-order valence-corrected chi connectivity index (χ1v) is 10.0. The van der Waals surface area contributed by atoms with Gasteiger partial charge in [-0.1, -0.05) is 54.6 Å². The van der Waals surface area contributed by atoms with Gasteiger partial charge in [-0.3, -0.25) is 15.0 Å². The minimum atomic E-state index is -1.69. The zero-order valence-electron chi connectivity index (χ0n) is 17.2. The Hall–Kier alpha value is -4.17. The summed E-state index contributed by atoms with van der Waals surface area (Å²) < 4.78 is 1.60. The Bertz CT molecular complexity index is 1370. The summed E-state index contributed by atoms with van der Waals surface area (Å²) >= 11 is 0. The second kappa shape index (κ2) is 7.21. The molecule has 4 aromatic rings. The average Bonchev–Trinajstić information content (AvgIpc) is 3.21. The molecule has 5 rings (SSSR count). The van der Waals surface area contributed by atoms with E-state index in [1.807, 2.05) is 30.3 Å². The van der Waals surface area contributed by atoms with Crippen LogP contribution in [0.5, 0.6) is 0 Å². The number of carbonyl (C=O) groups excluding carboxylic acids is 1. The van der Waals surface area contributed by atoms with Crippen molar-refractivity contribution in [2.24, 2.45) is 7.05 Å². The van der Waals surface area contributed by atoms with Crippen LogP contribution < -0.4 is 5.32 Å². The van der Waals surface area contributed by atoms with E-state index < -0.39 is 11.8 Å². The number of carbonyl (C=O) groups is 2. The van der Waals surface area contributed by atoms with Gasteiger partial charge in [-0.15, -0.1) is 0 Å². The molecule has 3 N–H and O–H groups in total. The molecule has 1 unspecified atom stereocenters. The second-order valence-electron chi connectivity index (χ2n) is 7.72. The summed E-state index contributed by atoms with van der Waals surface area (Å²) in [6.07, 6.45) is -1.22. The standard InChI is InChI=1S/C24H20N4O4/c1-27-20-13-16(11-12-19(20)25-22(27)26-23(30)31)24(32)18-10-6-5-9-17(18)21(29)28(24)14-15-7-3-2-4-8-15/h2-13,32H,14H2,1H3,(H,25,26)(H,30,31). The van der Waals surface area contributed by atoms with Crippen molar-refractivity contribution in [2.45, 2.75) is 12.3 Å². The molecular weight excluding hydrogens is 408 g/mol. The van der Waals surface area contributed by atoms with Gasteiger partial charge in [-0.05, 0) is 23.8 Å². The topological polar surface area (TPSA) is 108 Å². The lowest BCUT2D eigenvalue weighted by Gasteiger charge is -2.35. The van der Waals surface area contributed by atoms with Crippen LogP contribution in [0, 0.1) is 0 Å². The van der Waals surface area contributed by atoms with E-state index in [1.54, 1.807) is 54.1 Å². The summed E-state index contributed by atoms with van der Waals surface area (Å²) in [7, 11) is 1.68. The van der Waals surface area contributed by atoms with E-state index in [2.05, 4.69) is 10.3 Å². The van der Waals surface area contributed by atoms with E-state index in [-0.39, 0.29) is 18.4 Å². The molecule has 0 fully saturated rings. The molecule has 32 heavy (non-hydrogen) atoms. The molecular formula is C24H20N4O4. The number of nitrogens with one attached hydrogen (secondary N) is 1. The van der Waals surface area contributed by atoms with E-state index in [4.69, 9.17) is 5.11 Å². The zero-order chi connectivity index (χ0) is 22.5. The van der Waals surface area contributed by atoms with Crippen molar-refractivity contribution in [2.75, 3.05) is 5.32 Å². The van der Waals surface area contributed by atoms with Gasteiger partial charge in [0.15, 0.2) is 5.72 Å². The molecule has 0 bridgehead atoms. The summed E-state index contributed by atoms with van der Waals surface area (Å²) in [6, 6.07) is 21.7. The Balaban J connectivity index is 1.67. The molecule has 0 spiro atoms. The van der Waals surface area contributed by atoms with E-state index in [0.29, 0.717) is 27.7 Å². The molecule has 1 atom stereocenters. The summed E-state index contributed by atoms with van der Waals surface area (Å²) in [5.74, 6) is -0.0917.